The zero-order valence-corrected chi connectivity index (χ0v) is 10.3. The zero-order chi connectivity index (χ0) is 11.1. The van der Waals surface area contributed by atoms with Gasteiger partial charge in [-0.2, -0.15) is 0 Å². The van der Waals surface area contributed by atoms with Crippen LogP contribution in [0.4, 0.5) is 0 Å². The fourth-order valence-corrected chi connectivity index (χ4v) is 3.70. The molecule has 2 heteroatoms. The van der Waals surface area contributed by atoms with Gasteiger partial charge in [-0.1, -0.05) is 20.8 Å². The van der Waals surface area contributed by atoms with Crippen LogP contribution in [0.1, 0.15) is 46.5 Å². The summed E-state index contributed by atoms with van der Waals surface area (Å²) in [4.78, 5) is 0. The van der Waals surface area contributed by atoms with Gasteiger partial charge in [0, 0.05) is 12.5 Å². The molecule has 88 valence electrons. The van der Waals surface area contributed by atoms with E-state index in [-0.39, 0.29) is 0 Å². The molecule has 1 aliphatic carbocycles. The van der Waals surface area contributed by atoms with Crippen molar-refractivity contribution in [2.24, 2.45) is 17.3 Å². The maximum absolute atomic E-state index is 10.8. The molecule has 0 bridgehead atoms. The summed E-state index contributed by atoms with van der Waals surface area (Å²) in [5, 5.41) is 10.8. The molecule has 0 radical (unpaired) electrons. The molecule has 1 saturated carbocycles. The predicted octanol–water partition coefficient (Wildman–Crippen LogP) is 2.60. The van der Waals surface area contributed by atoms with E-state index in [1.54, 1.807) is 0 Å². The van der Waals surface area contributed by atoms with E-state index in [2.05, 4.69) is 20.8 Å². The van der Waals surface area contributed by atoms with Gasteiger partial charge in [0.15, 0.2) is 0 Å². The highest BCUT2D eigenvalue weighted by atomic mass is 16.5. The van der Waals surface area contributed by atoms with E-state index in [4.69, 9.17) is 4.74 Å². The van der Waals surface area contributed by atoms with Gasteiger partial charge in [0.05, 0.1) is 12.2 Å². The van der Waals surface area contributed by atoms with E-state index in [9.17, 15) is 5.11 Å². The molecule has 0 amide bonds. The number of aliphatic hydroxyl groups is 1. The Hall–Kier alpha value is -0.0800. The van der Waals surface area contributed by atoms with Crippen molar-refractivity contribution in [3.63, 3.8) is 0 Å². The van der Waals surface area contributed by atoms with Crippen LogP contribution in [0.5, 0.6) is 0 Å². The lowest BCUT2D eigenvalue weighted by Gasteiger charge is -2.39. The Morgan fingerprint density at radius 3 is 2.53 bits per heavy atom. The fraction of sp³-hybridized carbons (Fsp3) is 1.00. The third-order valence-corrected chi connectivity index (χ3v) is 4.34. The average Bonchev–Trinajstić information content (AvgIpc) is 2.38. The fourth-order valence-electron chi connectivity index (χ4n) is 3.70. The van der Waals surface area contributed by atoms with Crippen LogP contribution in [-0.2, 0) is 4.74 Å². The lowest BCUT2D eigenvalue weighted by atomic mass is 9.76. The van der Waals surface area contributed by atoms with Crippen LogP contribution in [0, 0.1) is 17.3 Å². The van der Waals surface area contributed by atoms with Crippen LogP contribution in [0.25, 0.3) is 0 Å². The maximum atomic E-state index is 10.8. The van der Waals surface area contributed by atoms with Crippen molar-refractivity contribution < 1.29 is 9.84 Å². The summed E-state index contributed by atoms with van der Waals surface area (Å²) in [5.74, 6) is 0.780. The molecule has 0 spiro atoms. The smallest absolute Gasteiger partial charge is 0.0728 e. The third-order valence-electron chi connectivity index (χ3n) is 4.34. The van der Waals surface area contributed by atoms with Crippen molar-refractivity contribution >= 4 is 0 Å². The predicted molar refractivity (Wildman–Crippen MR) is 60.7 cm³/mol. The van der Waals surface area contributed by atoms with E-state index >= 15 is 0 Å². The molecule has 1 heterocycles. The lowest BCUT2D eigenvalue weighted by molar-refractivity contribution is -0.100. The summed E-state index contributed by atoms with van der Waals surface area (Å²) >= 11 is 0. The first-order valence-electron chi connectivity index (χ1n) is 6.24. The van der Waals surface area contributed by atoms with Gasteiger partial charge in [0.2, 0.25) is 0 Å². The largest absolute Gasteiger partial charge is 0.389 e. The summed E-state index contributed by atoms with van der Waals surface area (Å²) in [6, 6.07) is 0. The number of hydrogen-bond donors (Lipinski definition) is 1. The first kappa shape index (κ1) is 11.4. The summed E-state index contributed by atoms with van der Waals surface area (Å²) in [7, 11) is 0. The Kier molecular flexibility index (Phi) is 2.85. The molecule has 2 aliphatic rings. The third kappa shape index (κ3) is 2.07. The Morgan fingerprint density at radius 1 is 1.33 bits per heavy atom. The van der Waals surface area contributed by atoms with Crippen molar-refractivity contribution in [1.29, 1.82) is 0 Å². The van der Waals surface area contributed by atoms with Crippen LogP contribution < -0.4 is 0 Å². The van der Waals surface area contributed by atoms with E-state index < -0.39 is 5.60 Å². The monoisotopic (exact) mass is 212 g/mol. The average molecular weight is 212 g/mol. The maximum Gasteiger partial charge on any atom is 0.0728 e. The molecule has 2 rings (SSSR count). The second kappa shape index (κ2) is 3.74. The van der Waals surface area contributed by atoms with Gasteiger partial charge in [-0.25, -0.2) is 0 Å². The van der Waals surface area contributed by atoms with E-state index in [1.165, 1.54) is 0 Å². The van der Waals surface area contributed by atoms with E-state index in [1.807, 2.05) is 0 Å². The van der Waals surface area contributed by atoms with Gasteiger partial charge in [0.25, 0.3) is 0 Å². The van der Waals surface area contributed by atoms with Crippen LogP contribution >= 0.6 is 0 Å². The molecule has 0 aromatic carbocycles. The molecule has 15 heavy (non-hydrogen) atoms. The zero-order valence-electron chi connectivity index (χ0n) is 10.3. The topological polar surface area (TPSA) is 29.5 Å². The van der Waals surface area contributed by atoms with Gasteiger partial charge >= 0.3 is 0 Å². The SMILES string of the molecule is CC1CC(C)(C)CC1(O)C1CCCOC1. The highest BCUT2D eigenvalue weighted by Crippen LogP contribution is 2.52. The Balaban J connectivity index is 2.11. The molecule has 2 fully saturated rings. The molecular weight excluding hydrogens is 188 g/mol. The highest BCUT2D eigenvalue weighted by Gasteiger charge is 2.51. The van der Waals surface area contributed by atoms with Gasteiger partial charge in [0.1, 0.15) is 0 Å². The first-order chi connectivity index (χ1) is 6.94. The summed E-state index contributed by atoms with van der Waals surface area (Å²) in [6.07, 6.45) is 4.33. The van der Waals surface area contributed by atoms with E-state index in [0.717, 1.165) is 38.9 Å². The molecule has 0 aromatic heterocycles. The second-order valence-electron chi connectivity index (χ2n) is 6.35. The van der Waals surface area contributed by atoms with E-state index in [0.29, 0.717) is 17.3 Å². The summed E-state index contributed by atoms with van der Waals surface area (Å²) in [6.45, 7) is 8.38. The van der Waals surface area contributed by atoms with Crippen LogP contribution in [0.2, 0.25) is 0 Å². The van der Waals surface area contributed by atoms with Gasteiger partial charge < -0.3 is 9.84 Å². The highest BCUT2D eigenvalue weighted by molar-refractivity contribution is 5.02. The van der Waals surface area contributed by atoms with Gasteiger partial charge in [-0.3, -0.25) is 0 Å². The van der Waals surface area contributed by atoms with Crippen LogP contribution in [0.3, 0.4) is 0 Å². The minimum Gasteiger partial charge on any atom is -0.389 e. The van der Waals surface area contributed by atoms with Crippen molar-refractivity contribution in [1.82, 2.24) is 0 Å². The lowest BCUT2D eigenvalue weighted by Crippen LogP contribution is -2.44. The van der Waals surface area contributed by atoms with Crippen molar-refractivity contribution in [3.8, 4) is 0 Å². The first-order valence-corrected chi connectivity index (χ1v) is 6.24. The molecule has 2 nitrogen and oxygen atoms in total. The molecular formula is C13H24O2. The van der Waals surface area contributed by atoms with Crippen LogP contribution in [0.15, 0.2) is 0 Å². The molecule has 1 saturated heterocycles. The van der Waals surface area contributed by atoms with Crippen LogP contribution in [-0.4, -0.2) is 23.9 Å². The Labute approximate surface area is 93.0 Å². The Morgan fingerprint density at radius 2 is 2.07 bits per heavy atom. The second-order valence-corrected chi connectivity index (χ2v) is 6.35. The number of ether oxygens (including phenoxy) is 1. The quantitative estimate of drug-likeness (QED) is 0.724. The normalized spacial score (nSPS) is 45.6. The van der Waals surface area contributed by atoms with Crippen molar-refractivity contribution in [2.75, 3.05) is 13.2 Å². The molecule has 1 aliphatic heterocycles. The van der Waals surface area contributed by atoms with Crippen molar-refractivity contribution in [2.45, 2.75) is 52.1 Å². The minimum absolute atomic E-state index is 0.297. The molecule has 3 unspecified atom stereocenters. The number of hydrogen-bond acceptors (Lipinski definition) is 2. The Bertz CT molecular complexity index is 231. The number of rotatable bonds is 1. The summed E-state index contributed by atoms with van der Waals surface area (Å²) < 4.78 is 5.52. The van der Waals surface area contributed by atoms with Gasteiger partial charge in [-0.15, -0.1) is 0 Å². The minimum atomic E-state index is -0.468. The van der Waals surface area contributed by atoms with Gasteiger partial charge in [-0.05, 0) is 37.0 Å². The molecule has 3 atom stereocenters. The summed E-state index contributed by atoms with van der Waals surface area (Å²) in [5.41, 5.74) is -0.171. The van der Waals surface area contributed by atoms with Crippen molar-refractivity contribution in [3.05, 3.63) is 0 Å². The molecule has 1 N–H and O–H groups in total. The standard InChI is InChI=1S/C13H24O2/c1-10-7-12(2,3)9-13(10,14)11-5-4-6-15-8-11/h10-11,14H,4-9H2,1-3H3. The molecule has 0 aromatic rings.